The standard InChI is InChI=1S/C20H25FN2O3S/c1-15-4-7-20(16(2)12-15)27(24,25)23-10-8-22(9-11-23)14-17-5-6-19(26-3)18(21)13-17/h4-7,12-13H,8-11,14H2,1-3H3. The van der Waals surface area contributed by atoms with Crippen molar-refractivity contribution in [3.05, 3.63) is 58.9 Å². The molecule has 5 nitrogen and oxygen atoms in total. The zero-order valence-corrected chi connectivity index (χ0v) is 16.7. The molecule has 7 heteroatoms. The summed E-state index contributed by atoms with van der Waals surface area (Å²) in [5.41, 5.74) is 2.66. The van der Waals surface area contributed by atoms with Gasteiger partial charge in [-0.3, -0.25) is 4.90 Å². The van der Waals surface area contributed by atoms with Crippen LogP contribution in [0.4, 0.5) is 4.39 Å². The van der Waals surface area contributed by atoms with Crippen molar-refractivity contribution >= 4 is 10.0 Å². The van der Waals surface area contributed by atoms with Crippen LogP contribution in [0.2, 0.25) is 0 Å². The molecule has 1 fully saturated rings. The van der Waals surface area contributed by atoms with Gasteiger partial charge in [0.2, 0.25) is 10.0 Å². The number of ether oxygens (including phenoxy) is 1. The van der Waals surface area contributed by atoms with Crippen LogP contribution in [-0.4, -0.2) is 50.9 Å². The van der Waals surface area contributed by atoms with Crippen LogP contribution in [0.3, 0.4) is 0 Å². The number of hydrogen-bond donors (Lipinski definition) is 0. The molecule has 2 aromatic rings. The number of piperazine rings is 1. The lowest BCUT2D eigenvalue weighted by atomic mass is 10.2. The molecule has 0 aliphatic carbocycles. The van der Waals surface area contributed by atoms with Gasteiger partial charge in [0.1, 0.15) is 0 Å². The van der Waals surface area contributed by atoms with Gasteiger partial charge in [0, 0.05) is 32.7 Å². The summed E-state index contributed by atoms with van der Waals surface area (Å²) in [6, 6.07) is 10.3. The fraction of sp³-hybridized carbons (Fsp3) is 0.400. The van der Waals surface area contributed by atoms with Crippen molar-refractivity contribution in [3.63, 3.8) is 0 Å². The van der Waals surface area contributed by atoms with E-state index >= 15 is 0 Å². The Balaban J connectivity index is 1.65. The number of sulfonamides is 1. The Labute approximate surface area is 160 Å². The lowest BCUT2D eigenvalue weighted by Crippen LogP contribution is -2.48. The fourth-order valence-corrected chi connectivity index (χ4v) is 5.05. The lowest BCUT2D eigenvalue weighted by molar-refractivity contribution is 0.181. The first kappa shape index (κ1) is 19.8. The first-order valence-corrected chi connectivity index (χ1v) is 10.4. The molecule has 27 heavy (non-hydrogen) atoms. The van der Waals surface area contributed by atoms with Gasteiger partial charge >= 0.3 is 0 Å². The number of halogens is 1. The van der Waals surface area contributed by atoms with Gasteiger partial charge in [-0.1, -0.05) is 23.8 Å². The van der Waals surface area contributed by atoms with Gasteiger partial charge in [0.25, 0.3) is 0 Å². The van der Waals surface area contributed by atoms with E-state index in [1.807, 2.05) is 32.0 Å². The van der Waals surface area contributed by atoms with Gasteiger partial charge in [-0.25, -0.2) is 12.8 Å². The van der Waals surface area contributed by atoms with Crippen molar-refractivity contribution in [1.82, 2.24) is 9.21 Å². The van der Waals surface area contributed by atoms with Crippen LogP contribution in [0.15, 0.2) is 41.3 Å². The topological polar surface area (TPSA) is 49.9 Å². The first-order valence-electron chi connectivity index (χ1n) is 8.93. The van der Waals surface area contributed by atoms with Gasteiger partial charge in [-0.05, 0) is 43.2 Å². The van der Waals surface area contributed by atoms with E-state index < -0.39 is 10.0 Å². The molecule has 0 bridgehead atoms. The molecule has 0 amide bonds. The summed E-state index contributed by atoms with van der Waals surface area (Å²) in [5, 5.41) is 0. The van der Waals surface area contributed by atoms with Crippen LogP contribution >= 0.6 is 0 Å². The predicted octanol–water partition coefficient (Wildman–Crippen LogP) is 2.96. The van der Waals surface area contributed by atoms with Crippen molar-refractivity contribution in [2.45, 2.75) is 25.3 Å². The van der Waals surface area contributed by atoms with Crippen LogP contribution < -0.4 is 4.74 Å². The zero-order valence-electron chi connectivity index (χ0n) is 15.9. The molecule has 0 unspecified atom stereocenters. The Morgan fingerprint density at radius 3 is 2.33 bits per heavy atom. The van der Waals surface area contributed by atoms with E-state index in [4.69, 9.17) is 4.74 Å². The normalized spacial score (nSPS) is 16.4. The Morgan fingerprint density at radius 2 is 1.74 bits per heavy atom. The summed E-state index contributed by atoms with van der Waals surface area (Å²) in [6.07, 6.45) is 0. The molecule has 0 saturated carbocycles. The van der Waals surface area contributed by atoms with Crippen LogP contribution in [-0.2, 0) is 16.6 Å². The summed E-state index contributed by atoms with van der Waals surface area (Å²) in [7, 11) is -2.05. The molecular weight excluding hydrogens is 367 g/mol. The highest BCUT2D eigenvalue weighted by Gasteiger charge is 2.29. The molecule has 1 saturated heterocycles. The highest BCUT2D eigenvalue weighted by atomic mass is 32.2. The van der Waals surface area contributed by atoms with E-state index in [0.717, 1.165) is 16.7 Å². The zero-order chi connectivity index (χ0) is 19.6. The Hall–Kier alpha value is -1.96. The smallest absolute Gasteiger partial charge is 0.243 e. The quantitative estimate of drug-likeness (QED) is 0.785. The molecule has 1 heterocycles. The molecule has 3 rings (SSSR count). The SMILES string of the molecule is COc1ccc(CN2CCN(S(=O)(=O)c3ccc(C)cc3C)CC2)cc1F. The van der Waals surface area contributed by atoms with E-state index in [1.165, 1.54) is 17.5 Å². The van der Waals surface area contributed by atoms with Crippen LogP contribution in [0, 0.1) is 19.7 Å². The maximum Gasteiger partial charge on any atom is 0.243 e. The van der Waals surface area contributed by atoms with E-state index in [1.54, 1.807) is 12.1 Å². The number of aryl methyl sites for hydroxylation is 2. The lowest BCUT2D eigenvalue weighted by Gasteiger charge is -2.34. The maximum absolute atomic E-state index is 13.8. The van der Waals surface area contributed by atoms with Crippen LogP contribution in [0.5, 0.6) is 5.75 Å². The van der Waals surface area contributed by atoms with Crippen LogP contribution in [0.1, 0.15) is 16.7 Å². The number of nitrogens with zero attached hydrogens (tertiary/aromatic N) is 2. The molecule has 0 atom stereocenters. The Bertz CT molecular complexity index is 923. The van der Waals surface area contributed by atoms with Gasteiger partial charge < -0.3 is 4.74 Å². The van der Waals surface area contributed by atoms with Crippen molar-refractivity contribution in [2.75, 3.05) is 33.3 Å². The summed E-state index contributed by atoms with van der Waals surface area (Å²) in [4.78, 5) is 2.51. The number of hydrogen-bond acceptors (Lipinski definition) is 4. The van der Waals surface area contributed by atoms with E-state index in [9.17, 15) is 12.8 Å². The average molecular weight is 392 g/mol. The highest BCUT2D eigenvalue weighted by molar-refractivity contribution is 7.89. The molecule has 0 spiro atoms. The summed E-state index contributed by atoms with van der Waals surface area (Å²) in [5.74, 6) is -0.158. The molecule has 2 aromatic carbocycles. The summed E-state index contributed by atoms with van der Waals surface area (Å²) in [6.45, 7) is 6.43. The molecule has 0 radical (unpaired) electrons. The molecule has 1 aliphatic rings. The van der Waals surface area contributed by atoms with E-state index in [2.05, 4.69) is 4.90 Å². The van der Waals surface area contributed by atoms with Gasteiger partial charge in [0.15, 0.2) is 11.6 Å². The molecule has 0 N–H and O–H groups in total. The van der Waals surface area contributed by atoms with E-state index in [-0.39, 0.29) is 11.6 Å². The minimum Gasteiger partial charge on any atom is -0.494 e. The monoisotopic (exact) mass is 392 g/mol. The second-order valence-corrected chi connectivity index (χ2v) is 8.82. The predicted molar refractivity (Wildman–Crippen MR) is 103 cm³/mol. The highest BCUT2D eigenvalue weighted by Crippen LogP contribution is 2.23. The second kappa shape index (κ2) is 7.96. The van der Waals surface area contributed by atoms with E-state index in [0.29, 0.717) is 37.6 Å². The van der Waals surface area contributed by atoms with Crippen molar-refractivity contribution in [1.29, 1.82) is 0 Å². The third-order valence-corrected chi connectivity index (χ3v) is 6.96. The average Bonchev–Trinajstić information content (AvgIpc) is 2.62. The second-order valence-electron chi connectivity index (χ2n) is 6.92. The largest absolute Gasteiger partial charge is 0.494 e. The molecular formula is C20H25FN2O3S. The Kier molecular flexibility index (Phi) is 5.83. The van der Waals surface area contributed by atoms with Crippen molar-refractivity contribution in [3.8, 4) is 5.75 Å². The van der Waals surface area contributed by atoms with Crippen molar-refractivity contribution < 1.29 is 17.5 Å². The summed E-state index contributed by atoms with van der Waals surface area (Å²) < 4.78 is 46.2. The third kappa shape index (κ3) is 4.31. The van der Waals surface area contributed by atoms with Gasteiger partial charge in [0.05, 0.1) is 12.0 Å². The molecule has 0 aromatic heterocycles. The van der Waals surface area contributed by atoms with Gasteiger partial charge in [-0.2, -0.15) is 4.31 Å². The minimum absolute atomic E-state index is 0.225. The number of methoxy groups -OCH3 is 1. The Morgan fingerprint density at radius 1 is 1.04 bits per heavy atom. The fourth-order valence-electron chi connectivity index (χ4n) is 3.42. The minimum atomic E-state index is -3.49. The maximum atomic E-state index is 13.8. The molecule has 1 aliphatic heterocycles. The van der Waals surface area contributed by atoms with Gasteiger partial charge in [-0.15, -0.1) is 0 Å². The van der Waals surface area contributed by atoms with Crippen molar-refractivity contribution in [2.24, 2.45) is 0 Å². The first-order chi connectivity index (χ1) is 12.8. The third-order valence-electron chi connectivity index (χ3n) is 4.90. The molecule has 146 valence electrons. The number of benzene rings is 2. The summed E-state index contributed by atoms with van der Waals surface area (Å²) >= 11 is 0. The van der Waals surface area contributed by atoms with Crippen LogP contribution in [0.25, 0.3) is 0 Å². The number of rotatable bonds is 5.